The zero-order valence-corrected chi connectivity index (χ0v) is 19.8. The van der Waals surface area contributed by atoms with Crippen LogP contribution in [0, 0.1) is 22.7 Å². The lowest BCUT2D eigenvalue weighted by molar-refractivity contribution is 0.296. The fourth-order valence-electron chi connectivity index (χ4n) is 3.35. The lowest BCUT2D eigenvalue weighted by Gasteiger charge is -2.28. The Morgan fingerprint density at radius 3 is 1.94 bits per heavy atom. The van der Waals surface area contributed by atoms with Crippen molar-refractivity contribution in [2.24, 2.45) is 0 Å². The Morgan fingerprint density at radius 1 is 1.00 bits per heavy atom. The number of nitrogens with two attached hydrogens (primary N) is 1. The first kappa shape index (κ1) is 24.5. The van der Waals surface area contributed by atoms with Gasteiger partial charge in [0.15, 0.2) is 0 Å². The number of nitrogens with zero attached hydrogens (tertiary/aromatic N) is 3. The molecule has 0 aliphatic heterocycles. The number of thioether (sulfide) groups is 1. The van der Waals surface area contributed by atoms with Crippen molar-refractivity contribution in [3.05, 3.63) is 34.4 Å². The van der Waals surface area contributed by atoms with Gasteiger partial charge in [0, 0.05) is 29.1 Å². The Labute approximate surface area is 188 Å². The van der Waals surface area contributed by atoms with Gasteiger partial charge in [0.1, 0.15) is 34.3 Å². The molecule has 0 unspecified atom stereocenters. The van der Waals surface area contributed by atoms with Gasteiger partial charge in [-0.05, 0) is 34.9 Å². The average Bonchev–Trinajstić information content (AvgIpc) is 2.66. The molecule has 4 N–H and O–H groups in total. The molecule has 1 aromatic heterocycles. The van der Waals surface area contributed by atoms with Crippen LogP contribution >= 0.6 is 11.8 Å². The predicted molar refractivity (Wildman–Crippen MR) is 125 cm³/mol. The monoisotopic (exact) mass is 438 g/mol. The van der Waals surface area contributed by atoms with E-state index in [1.165, 1.54) is 11.8 Å². The number of phenols is 1. The van der Waals surface area contributed by atoms with Crippen molar-refractivity contribution in [1.29, 1.82) is 10.5 Å². The first-order chi connectivity index (χ1) is 14.4. The molecule has 6 nitrogen and oxygen atoms in total. The highest BCUT2D eigenvalue weighted by Crippen LogP contribution is 2.44. The maximum atomic E-state index is 11.0. The van der Waals surface area contributed by atoms with Crippen LogP contribution in [0.5, 0.6) is 5.75 Å². The quantitative estimate of drug-likeness (QED) is 0.450. The number of hydrogen-bond donors (Lipinski definition) is 3. The Bertz CT molecular complexity index is 1030. The largest absolute Gasteiger partial charge is 0.507 e. The Morgan fingerprint density at radius 2 is 1.52 bits per heavy atom. The average molecular weight is 439 g/mol. The normalized spacial score (nSPS) is 11.8. The molecule has 31 heavy (non-hydrogen) atoms. The molecule has 0 aliphatic carbocycles. The zero-order chi connectivity index (χ0) is 23.6. The van der Waals surface area contributed by atoms with Crippen LogP contribution in [0.3, 0.4) is 0 Å². The highest BCUT2D eigenvalue weighted by Gasteiger charge is 2.29. The minimum atomic E-state index is -0.364. The molecule has 7 heteroatoms. The lowest BCUT2D eigenvalue weighted by atomic mass is 9.77. The van der Waals surface area contributed by atoms with Gasteiger partial charge < -0.3 is 15.9 Å². The minimum absolute atomic E-state index is 0.0371. The molecule has 0 radical (unpaired) electrons. The molecule has 0 saturated carbocycles. The number of rotatable bonds is 5. The van der Waals surface area contributed by atoms with Crippen molar-refractivity contribution in [1.82, 2.24) is 4.98 Å². The van der Waals surface area contributed by atoms with Crippen molar-refractivity contribution in [2.75, 3.05) is 18.1 Å². The highest BCUT2D eigenvalue weighted by molar-refractivity contribution is 7.99. The number of nitriles is 2. The first-order valence-corrected chi connectivity index (χ1v) is 11.1. The molecular formula is C24H30N4O2S. The van der Waals surface area contributed by atoms with Gasteiger partial charge >= 0.3 is 0 Å². The lowest BCUT2D eigenvalue weighted by Crippen LogP contribution is -2.17. The van der Waals surface area contributed by atoms with E-state index in [4.69, 9.17) is 10.8 Å². The van der Waals surface area contributed by atoms with Gasteiger partial charge in [-0.25, -0.2) is 4.98 Å². The summed E-state index contributed by atoms with van der Waals surface area (Å²) in [6.45, 7) is 12.1. The molecule has 2 aromatic rings. The number of aliphatic hydroxyl groups excluding tert-OH is 1. The van der Waals surface area contributed by atoms with Gasteiger partial charge in [-0.2, -0.15) is 10.5 Å². The number of phenolic OH excluding ortho intramolecular Hbond substituents is 1. The van der Waals surface area contributed by atoms with Crippen molar-refractivity contribution in [2.45, 2.75) is 63.8 Å². The van der Waals surface area contributed by atoms with Gasteiger partial charge in [-0.15, -0.1) is 11.8 Å². The van der Waals surface area contributed by atoms with Crippen molar-refractivity contribution >= 4 is 17.6 Å². The topological polar surface area (TPSA) is 127 Å². The molecule has 0 amide bonds. The minimum Gasteiger partial charge on any atom is -0.507 e. The molecule has 1 heterocycles. The SMILES string of the molecule is CC(C)(C)c1cc(-c2c(C#N)c(N)nc(SCCCO)c2C#N)cc(C(C)(C)C)c1O. The Balaban J connectivity index is 2.95. The molecule has 0 bridgehead atoms. The third kappa shape index (κ3) is 5.12. The maximum Gasteiger partial charge on any atom is 0.143 e. The number of aromatic hydroxyl groups is 1. The van der Waals surface area contributed by atoms with Gasteiger partial charge in [0.05, 0.1) is 5.56 Å². The van der Waals surface area contributed by atoms with Gasteiger partial charge in [0.2, 0.25) is 0 Å². The zero-order valence-electron chi connectivity index (χ0n) is 19.0. The second-order valence-corrected chi connectivity index (χ2v) is 10.6. The van der Waals surface area contributed by atoms with E-state index in [2.05, 4.69) is 17.1 Å². The van der Waals surface area contributed by atoms with Crippen LogP contribution in [0.1, 0.15) is 70.2 Å². The number of pyridine rings is 1. The predicted octanol–water partition coefficient (Wildman–Crippen LogP) is 4.85. The van der Waals surface area contributed by atoms with Gasteiger partial charge in [-0.3, -0.25) is 0 Å². The Hall–Kier alpha value is -2.74. The maximum absolute atomic E-state index is 11.0. The van der Waals surface area contributed by atoms with E-state index < -0.39 is 0 Å². The molecule has 0 spiro atoms. The van der Waals surface area contributed by atoms with Crippen molar-refractivity contribution in [3.63, 3.8) is 0 Å². The van der Waals surface area contributed by atoms with E-state index in [9.17, 15) is 15.6 Å². The summed E-state index contributed by atoms with van der Waals surface area (Å²) in [5.41, 5.74) is 8.36. The molecule has 0 atom stereocenters. The van der Waals surface area contributed by atoms with Crippen LogP contribution in [0.15, 0.2) is 17.2 Å². The first-order valence-electron chi connectivity index (χ1n) is 10.1. The Kier molecular flexibility index (Phi) is 7.26. The summed E-state index contributed by atoms with van der Waals surface area (Å²) < 4.78 is 0. The smallest absolute Gasteiger partial charge is 0.143 e. The molecule has 0 saturated heterocycles. The summed E-state index contributed by atoms with van der Waals surface area (Å²) in [6, 6.07) is 7.99. The summed E-state index contributed by atoms with van der Waals surface area (Å²) in [5.74, 6) is 0.852. The van der Waals surface area contributed by atoms with Crippen LogP contribution in [0.25, 0.3) is 11.1 Å². The van der Waals surface area contributed by atoms with Gasteiger partial charge in [-0.1, -0.05) is 41.5 Å². The van der Waals surface area contributed by atoms with Crippen LogP contribution in [0.2, 0.25) is 0 Å². The standard InChI is InChI=1S/C24H30N4O2S/c1-23(2,3)17-10-14(11-18(20(17)30)24(4,5)6)19-15(12-25)21(27)28-22(16(19)13-26)31-9-7-8-29/h10-11,29-30H,7-9H2,1-6H3,(H2,27,28). The molecule has 0 fully saturated rings. The van der Waals surface area contributed by atoms with Crippen LogP contribution in [-0.2, 0) is 10.8 Å². The number of benzene rings is 1. The van der Waals surface area contributed by atoms with E-state index in [0.29, 0.717) is 28.3 Å². The van der Waals surface area contributed by atoms with Gasteiger partial charge in [0.25, 0.3) is 0 Å². The fourth-order valence-corrected chi connectivity index (χ4v) is 4.27. The number of nitrogen functional groups attached to an aromatic ring is 1. The second-order valence-electron chi connectivity index (χ2n) is 9.50. The van der Waals surface area contributed by atoms with Crippen LogP contribution < -0.4 is 5.73 Å². The van der Waals surface area contributed by atoms with Crippen LogP contribution in [0.4, 0.5) is 5.82 Å². The van der Waals surface area contributed by atoms with E-state index in [0.717, 1.165) is 11.1 Å². The van der Waals surface area contributed by atoms with Crippen molar-refractivity contribution in [3.8, 4) is 29.0 Å². The highest BCUT2D eigenvalue weighted by atomic mass is 32.2. The summed E-state index contributed by atoms with van der Waals surface area (Å²) in [4.78, 5) is 4.30. The number of hydrogen-bond acceptors (Lipinski definition) is 7. The molecule has 0 aliphatic rings. The fraction of sp³-hybridized carbons (Fsp3) is 0.458. The third-order valence-corrected chi connectivity index (χ3v) is 6.03. The summed E-state index contributed by atoms with van der Waals surface area (Å²) in [6.07, 6.45) is 0.550. The third-order valence-electron chi connectivity index (χ3n) is 4.97. The molecule has 1 aromatic carbocycles. The molecular weight excluding hydrogens is 408 g/mol. The summed E-state index contributed by atoms with van der Waals surface area (Å²) >= 11 is 1.33. The second kappa shape index (κ2) is 9.18. The van der Waals surface area contributed by atoms with E-state index in [1.54, 1.807) is 0 Å². The molecule has 164 valence electrons. The summed E-state index contributed by atoms with van der Waals surface area (Å²) in [7, 11) is 0. The van der Waals surface area contributed by atoms with E-state index >= 15 is 0 Å². The number of anilines is 1. The summed E-state index contributed by atoms with van der Waals surface area (Å²) in [5, 5.41) is 40.4. The number of aliphatic hydroxyl groups is 1. The number of aromatic nitrogens is 1. The van der Waals surface area contributed by atoms with E-state index in [1.807, 2.05) is 53.7 Å². The van der Waals surface area contributed by atoms with E-state index in [-0.39, 0.29) is 40.1 Å². The molecule has 2 rings (SSSR count). The van der Waals surface area contributed by atoms with Crippen LogP contribution in [-0.4, -0.2) is 27.6 Å². The van der Waals surface area contributed by atoms with Crippen molar-refractivity contribution < 1.29 is 10.2 Å².